The molecule has 0 aliphatic heterocycles. The quantitative estimate of drug-likeness (QED) is 0.742. The minimum Gasteiger partial charge on any atom is -0.476 e. The van der Waals surface area contributed by atoms with Crippen molar-refractivity contribution in [1.29, 1.82) is 0 Å². The fraction of sp³-hybridized carbons (Fsp3) is 0.556. The zero-order valence-corrected chi connectivity index (χ0v) is 8.75. The second-order valence-electron chi connectivity index (χ2n) is 3.91. The smallest absolute Gasteiger partial charge is 0.358 e. The highest BCUT2D eigenvalue weighted by Crippen LogP contribution is 2.31. The lowest BCUT2D eigenvalue weighted by Gasteiger charge is -2.35. The Bertz CT molecular complexity index is 422. The molecule has 1 heterocycles. The number of carboxylic acid groups (broad SMARTS) is 1. The highest BCUT2D eigenvalue weighted by atomic mass is 16.4. The van der Waals surface area contributed by atoms with E-state index < -0.39 is 5.97 Å². The Morgan fingerprint density at radius 1 is 1.56 bits per heavy atom. The maximum Gasteiger partial charge on any atom is 0.358 e. The molecular weight excluding hydrogens is 212 g/mol. The van der Waals surface area contributed by atoms with E-state index in [-0.39, 0.29) is 23.7 Å². The van der Waals surface area contributed by atoms with Crippen LogP contribution in [0, 0.1) is 0 Å². The molecule has 0 spiro atoms. The molecule has 7 nitrogen and oxygen atoms in total. The van der Waals surface area contributed by atoms with Crippen LogP contribution in [-0.2, 0) is 4.79 Å². The van der Waals surface area contributed by atoms with Crippen molar-refractivity contribution in [3.63, 3.8) is 0 Å². The van der Waals surface area contributed by atoms with E-state index in [0.717, 1.165) is 12.8 Å². The van der Waals surface area contributed by atoms with Crippen LogP contribution >= 0.6 is 0 Å². The van der Waals surface area contributed by atoms with E-state index >= 15 is 0 Å². The average molecular weight is 224 g/mol. The molecule has 0 unspecified atom stereocenters. The molecule has 7 heteroatoms. The molecule has 1 aliphatic rings. The number of nitrogens with one attached hydrogen (secondary N) is 1. The molecule has 1 amide bonds. The highest BCUT2D eigenvalue weighted by Gasteiger charge is 2.32. The van der Waals surface area contributed by atoms with E-state index in [1.165, 1.54) is 13.1 Å². The minimum atomic E-state index is -1.08. The molecule has 0 radical (unpaired) electrons. The molecule has 86 valence electrons. The van der Waals surface area contributed by atoms with Gasteiger partial charge in [-0.25, -0.2) is 9.48 Å². The van der Waals surface area contributed by atoms with Crippen molar-refractivity contribution in [2.24, 2.45) is 0 Å². The Kier molecular flexibility index (Phi) is 2.59. The third-order valence-corrected chi connectivity index (χ3v) is 2.62. The number of carbonyl (C=O) groups excluding carboxylic acids is 1. The number of aromatic nitrogens is 3. The lowest BCUT2D eigenvalue weighted by atomic mass is 9.87. The summed E-state index contributed by atoms with van der Waals surface area (Å²) in [6, 6.07) is 0.303. The van der Waals surface area contributed by atoms with Crippen LogP contribution in [0.1, 0.15) is 36.3 Å². The van der Waals surface area contributed by atoms with Gasteiger partial charge in [-0.2, -0.15) is 0 Å². The monoisotopic (exact) mass is 224 g/mol. The number of amides is 1. The van der Waals surface area contributed by atoms with Gasteiger partial charge >= 0.3 is 5.97 Å². The molecular formula is C9H12N4O3. The first-order valence-corrected chi connectivity index (χ1v) is 4.98. The van der Waals surface area contributed by atoms with E-state index in [1.807, 2.05) is 0 Å². The Hall–Kier alpha value is -1.92. The summed E-state index contributed by atoms with van der Waals surface area (Å²) in [5, 5.41) is 18.7. The summed E-state index contributed by atoms with van der Waals surface area (Å²) in [6.45, 7) is 1.48. The summed E-state index contributed by atoms with van der Waals surface area (Å²) >= 11 is 0. The molecule has 0 bridgehead atoms. The van der Waals surface area contributed by atoms with Gasteiger partial charge in [0.15, 0.2) is 5.69 Å². The maximum absolute atomic E-state index is 10.8. The van der Waals surface area contributed by atoms with Crippen molar-refractivity contribution in [1.82, 2.24) is 20.3 Å². The first-order chi connectivity index (χ1) is 7.56. The fourth-order valence-electron chi connectivity index (χ4n) is 1.76. The van der Waals surface area contributed by atoms with Crippen molar-refractivity contribution < 1.29 is 14.7 Å². The minimum absolute atomic E-state index is 0.0479. The van der Waals surface area contributed by atoms with E-state index in [4.69, 9.17) is 5.11 Å². The number of hydrogen-bond donors (Lipinski definition) is 2. The Morgan fingerprint density at radius 3 is 2.75 bits per heavy atom. The number of nitrogens with zero attached hydrogens (tertiary/aromatic N) is 3. The van der Waals surface area contributed by atoms with Crippen LogP contribution in [0.3, 0.4) is 0 Å². The van der Waals surface area contributed by atoms with Crippen molar-refractivity contribution in [2.45, 2.75) is 31.8 Å². The van der Waals surface area contributed by atoms with Crippen molar-refractivity contribution in [3.05, 3.63) is 11.9 Å². The Labute approximate surface area is 91.4 Å². The third kappa shape index (κ3) is 2.02. The van der Waals surface area contributed by atoms with Gasteiger partial charge < -0.3 is 10.4 Å². The van der Waals surface area contributed by atoms with Gasteiger partial charge in [-0.1, -0.05) is 5.21 Å². The summed E-state index contributed by atoms with van der Waals surface area (Å²) in [6.07, 6.45) is 2.95. The zero-order valence-electron chi connectivity index (χ0n) is 8.75. The molecule has 1 fully saturated rings. The van der Waals surface area contributed by atoms with Gasteiger partial charge in [0.2, 0.25) is 5.91 Å². The van der Waals surface area contributed by atoms with E-state index in [2.05, 4.69) is 15.6 Å². The summed E-state index contributed by atoms with van der Waals surface area (Å²) in [5.74, 6) is -1.13. The summed E-state index contributed by atoms with van der Waals surface area (Å²) in [4.78, 5) is 21.3. The van der Waals surface area contributed by atoms with Gasteiger partial charge in [0.05, 0.1) is 12.2 Å². The Balaban J connectivity index is 1.91. The molecule has 1 aromatic rings. The van der Waals surface area contributed by atoms with Gasteiger partial charge in [0, 0.05) is 13.0 Å². The van der Waals surface area contributed by atoms with Crippen LogP contribution in [0.25, 0.3) is 0 Å². The van der Waals surface area contributed by atoms with Crippen LogP contribution in [-0.4, -0.2) is 38.0 Å². The van der Waals surface area contributed by atoms with Gasteiger partial charge in [-0.3, -0.25) is 4.79 Å². The average Bonchev–Trinajstić information content (AvgIpc) is 2.58. The number of carbonyl (C=O) groups is 2. The van der Waals surface area contributed by atoms with Crippen LogP contribution in [0.4, 0.5) is 0 Å². The summed E-state index contributed by atoms with van der Waals surface area (Å²) in [5.41, 5.74) is -0.0528. The van der Waals surface area contributed by atoms with Gasteiger partial charge in [0.1, 0.15) is 0 Å². The molecule has 1 saturated carbocycles. The number of rotatable bonds is 3. The first kappa shape index (κ1) is 10.6. The summed E-state index contributed by atoms with van der Waals surface area (Å²) < 4.78 is 1.54. The van der Waals surface area contributed by atoms with Gasteiger partial charge in [0.25, 0.3) is 0 Å². The SMILES string of the molecule is CC(=O)NC1CC(n2cc(C(=O)O)nn2)C1. The molecule has 16 heavy (non-hydrogen) atoms. The van der Waals surface area contributed by atoms with Gasteiger partial charge in [-0.15, -0.1) is 5.10 Å². The highest BCUT2D eigenvalue weighted by molar-refractivity contribution is 5.84. The predicted octanol–water partition coefficient (Wildman–Crippen LogP) is -0.184. The van der Waals surface area contributed by atoms with E-state index in [9.17, 15) is 9.59 Å². The van der Waals surface area contributed by atoms with Crippen molar-refractivity contribution >= 4 is 11.9 Å². The van der Waals surface area contributed by atoms with E-state index in [1.54, 1.807) is 4.68 Å². The zero-order chi connectivity index (χ0) is 11.7. The third-order valence-electron chi connectivity index (χ3n) is 2.62. The molecule has 0 saturated heterocycles. The maximum atomic E-state index is 10.8. The normalized spacial score (nSPS) is 23.6. The lowest BCUT2D eigenvalue weighted by molar-refractivity contribution is -0.120. The molecule has 0 atom stereocenters. The molecule has 1 aromatic heterocycles. The van der Waals surface area contributed by atoms with Crippen LogP contribution < -0.4 is 5.32 Å². The molecule has 2 N–H and O–H groups in total. The number of carboxylic acids is 1. The second-order valence-corrected chi connectivity index (χ2v) is 3.91. The topological polar surface area (TPSA) is 97.1 Å². The Morgan fingerprint density at radius 2 is 2.25 bits per heavy atom. The number of aromatic carboxylic acids is 1. The fourth-order valence-corrected chi connectivity index (χ4v) is 1.76. The van der Waals surface area contributed by atoms with E-state index in [0.29, 0.717) is 0 Å². The van der Waals surface area contributed by atoms with Crippen molar-refractivity contribution in [3.8, 4) is 0 Å². The molecule has 2 rings (SSSR count). The van der Waals surface area contributed by atoms with Gasteiger partial charge in [-0.05, 0) is 12.8 Å². The largest absolute Gasteiger partial charge is 0.476 e. The van der Waals surface area contributed by atoms with Crippen LogP contribution in [0.15, 0.2) is 6.20 Å². The lowest BCUT2D eigenvalue weighted by Crippen LogP contribution is -2.44. The predicted molar refractivity (Wildman–Crippen MR) is 52.9 cm³/mol. The summed E-state index contributed by atoms with van der Waals surface area (Å²) in [7, 11) is 0. The molecule has 0 aromatic carbocycles. The van der Waals surface area contributed by atoms with Crippen LogP contribution in [0.5, 0.6) is 0 Å². The molecule has 1 aliphatic carbocycles. The standard InChI is InChI=1S/C9H12N4O3/c1-5(14)10-6-2-7(3-6)13-4-8(9(15)16)11-12-13/h4,6-7H,2-3H2,1H3,(H,10,14)(H,15,16). The van der Waals surface area contributed by atoms with Crippen LogP contribution in [0.2, 0.25) is 0 Å². The number of hydrogen-bond acceptors (Lipinski definition) is 4. The first-order valence-electron chi connectivity index (χ1n) is 4.98. The second kappa shape index (κ2) is 3.92. The van der Waals surface area contributed by atoms with Crippen molar-refractivity contribution in [2.75, 3.05) is 0 Å².